The topological polar surface area (TPSA) is 48.0 Å². The van der Waals surface area contributed by atoms with Gasteiger partial charge in [-0.15, -0.1) is 0 Å². The van der Waals surface area contributed by atoms with Gasteiger partial charge < -0.3 is 4.42 Å². The molecule has 3 aromatic rings. The number of rotatable bonds is 2. The molecule has 3 heterocycles. The fourth-order valence-electron chi connectivity index (χ4n) is 2.79. The Bertz CT molecular complexity index is 998. The molecule has 114 valence electrons. The summed E-state index contributed by atoms with van der Waals surface area (Å²) in [5.74, 6) is 1.50. The fraction of sp³-hybridized carbons (Fsp3) is 0.111. The molecular formula is C18H13ClN2O2. The number of furan rings is 1. The molecule has 0 N–H and O–H groups in total. The molecule has 4 rings (SSSR count). The Morgan fingerprint density at radius 3 is 3.04 bits per heavy atom. The molecule has 23 heavy (non-hydrogen) atoms. The van der Waals surface area contributed by atoms with Gasteiger partial charge in [0, 0.05) is 11.6 Å². The highest BCUT2D eigenvalue weighted by Crippen LogP contribution is 2.26. The first-order chi connectivity index (χ1) is 11.2. The lowest BCUT2D eigenvalue weighted by atomic mass is 10.2. The maximum atomic E-state index is 12.6. The second kappa shape index (κ2) is 5.56. The Labute approximate surface area is 137 Å². The minimum atomic E-state index is -0.0138. The van der Waals surface area contributed by atoms with Crippen LogP contribution in [0.3, 0.4) is 0 Å². The largest absolute Gasteiger partial charge is 0.465 e. The van der Waals surface area contributed by atoms with Gasteiger partial charge in [0.1, 0.15) is 11.6 Å². The molecule has 1 aromatic carbocycles. The zero-order chi connectivity index (χ0) is 15.8. The lowest BCUT2D eigenvalue weighted by Gasteiger charge is -2.05. The molecule has 4 nitrogen and oxygen atoms in total. The minimum Gasteiger partial charge on any atom is -0.465 e. The molecule has 5 heteroatoms. The molecule has 1 aliphatic heterocycles. The predicted molar refractivity (Wildman–Crippen MR) is 91.3 cm³/mol. The standard InChI is InChI=1S/C18H13ClN2O2/c19-13-6-7-15-16(11-13)20-17-12(8-9-21(17)18(15)22)3-1-4-14-5-2-10-23-14/h1-7,10-11H,8-9H2. The van der Waals surface area contributed by atoms with Crippen molar-refractivity contribution in [3.63, 3.8) is 0 Å². The van der Waals surface area contributed by atoms with Crippen molar-refractivity contribution >= 4 is 34.2 Å². The van der Waals surface area contributed by atoms with Gasteiger partial charge in [0.15, 0.2) is 0 Å². The molecule has 0 fully saturated rings. The number of hydrogen-bond acceptors (Lipinski definition) is 3. The van der Waals surface area contributed by atoms with E-state index in [1.54, 1.807) is 29.0 Å². The smallest absolute Gasteiger partial charge is 0.261 e. The van der Waals surface area contributed by atoms with E-state index >= 15 is 0 Å². The van der Waals surface area contributed by atoms with E-state index in [0.29, 0.717) is 28.3 Å². The molecule has 0 bridgehead atoms. The van der Waals surface area contributed by atoms with Crippen molar-refractivity contribution in [1.82, 2.24) is 9.55 Å². The Hall–Kier alpha value is -2.59. The van der Waals surface area contributed by atoms with Crippen LogP contribution in [0.2, 0.25) is 5.02 Å². The molecule has 0 unspecified atom stereocenters. The van der Waals surface area contributed by atoms with Crippen LogP contribution in [0.4, 0.5) is 0 Å². The van der Waals surface area contributed by atoms with E-state index in [1.165, 1.54) is 0 Å². The third-order valence-electron chi connectivity index (χ3n) is 3.91. The van der Waals surface area contributed by atoms with Crippen LogP contribution in [0.15, 0.2) is 58.0 Å². The molecular weight excluding hydrogens is 312 g/mol. The molecule has 0 saturated carbocycles. The fourth-order valence-corrected chi connectivity index (χ4v) is 2.96. The van der Waals surface area contributed by atoms with Crippen LogP contribution in [-0.4, -0.2) is 9.55 Å². The van der Waals surface area contributed by atoms with Crippen molar-refractivity contribution in [2.75, 3.05) is 0 Å². The zero-order valence-electron chi connectivity index (χ0n) is 12.2. The highest BCUT2D eigenvalue weighted by molar-refractivity contribution is 6.31. The first-order valence-corrected chi connectivity index (χ1v) is 7.71. The maximum Gasteiger partial charge on any atom is 0.261 e. The molecule has 0 spiro atoms. The van der Waals surface area contributed by atoms with Crippen molar-refractivity contribution in [2.24, 2.45) is 0 Å². The second-order valence-corrected chi connectivity index (χ2v) is 5.81. The lowest BCUT2D eigenvalue weighted by Crippen LogP contribution is -2.20. The van der Waals surface area contributed by atoms with Gasteiger partial charge in [0.05, 0.1) is 17.2 Å². The number of fused-ring (bicyclic) bond motifs is 2. The van der Waals surface area contributed by atoms with E-state index in [4.69, 9.17) is 16.0 Å². The van der Waals surface area contributed by atoms with Crippen LogP contribution in [0.1, 0.15) is 18.0 Å². The average Bonchev–Trinajstić information content (AvgIpc) is 3.18. The van der Waals surface area contributed by atoms with E-state index in [1.807, 2.05) is 30.4 Å². The number of hydrogen-bond donors (Lipinski definition) is 0. The van der Waals surface area contributed by atoms with Crippen LogP contribution in [0, 0.1) is 0 Å². The van der Waals surface area contributed by atoms with Crippen molar-refractivity contribution in [3.05, 3.63) is 75.7 Å². The molecule has 1 aliphatic rings. The number of nitrogens with zero attached hydrogens (tertiary/aromatic N) is 2. The van der Waals surface area contributed by atoms with E-state index in [0.717, 1.165) is 17.8 Å². The van der Waals surface area contributed by atoms with E-state index in [9.17, 15) is 4.79 Å². The minimum absolute atomic E-state index is 0.0138. The van der Waals surface area contributed by atoms with Gasteiger partial charge in [-0.05, 0) is 48.4 Å². The third-order valence-corrected chi connectivity index (χ3v) is 4.15. The Morgan fingerprint density at radius 1 is 1.30 bits per heavy atom. The summed E-state index contributed by atoms with van der Waals surface area (Å²) < 4.78 is 6.98. The molecule has 0 saturated heterocycles. The summed E-state index contributed by atoms with van der Waals surface area (Å²) in [6.07, 6.45) is 8.19. The summed E-state index contributed by atoms with van der Waals surface area (Å²) in [7, 11) is 0. The summed E-state index contributed by atoms with van der Waals surface area (Å²) in [6.45, 7) is 0.653. The molecule has 0 radical (unpaired) electrons. The van der Waals surface area contributed by atoms with Gasteiger partial charge >= 0.3 is 0 Å². The number of aromatic nitrogens is 2. The third kappa shape index (κ3) is 2.51. The van der Waals surface area contributed by atoms with Crippen molar-refractivity contribution in [2.45, 2.75) is 13.0 Å². The molecule has 0 aliphatic carbocycles. The summed E-state index contributed by atoms with van der Waals surface area (Å²) >= 11 is 6.01. The summed E-state index contributed by atoms with van der Waals surface area (Å²) in [4.78, 5) is 17.2. The van der Waals surface area contributed by atoms with Crippen LogP contribution in [0.5, 0.6) is 0 Å². The Kier molecular flexibility index (Phi) is 3.39. The van der Waals surface area contributed by atoms with E-state index in [-0.39, 0.29) is 5.56 Å². The van der Waals surface area contributed by atoms with Crippen LogP contribution >= 0.6 is 11.6 Å². The van der Waals surface area contributed by atoms with Crippen LogP contribution in [0.25, 0.3) is 22.6 Å². The first kappa shape index (κ1) is 14.0. The molecule has 0 atom stereocenters. The number of benzene rings is 1. The quantitative estimate of drug-likeness (QED) is 0.711. The van der Waals surface area contributed by atoms with Crippen molar-refractivity contribution in [3.8, 4) is 0 Å². The second-order valence-electron chi connectivity index (χ2n) is 5.37. The van der Waals surface area contributed by atoms with Gasteiger partial charge in [-0.3, -0.25) is 9.36 Å². The molecule has 0 amide bonds. The Morgan fingerprint density at radius 2 is 2.22 bits per heavy atom. The average molecular weight is 325 g/mol. The van der Waals surface area contributed by atoms with Crippen molar-refractivity contribution in [1.29, 1.82) is 0 Å². The van der Waals surface area contributed by atoms with Gasteiger partial charge in [0.25, 0.3) is 5.56 Å². The predicted octanol–water partition coefficient (Wildman–Crippen LogP) is 4.14. The van der Waals surface area contributed by atoms with Gasteiger partial charge in [-0.25, -0.2) is 4.98 Å². The first-order valence-electron chi connectivity index (χ1n) is 7.33. The SMILES string of the molecule is O=c1c2ccc(Cl)cc2nc2n1CCC2=CC=Cc1ccco1. The van der Waals surface area contributed by atoms with Gasteiger partial charge in [-0.1, -0.05) is 23.8 Å². The monoisotopic (exact) mass is 324 g/mol. The lowest BCUT2D eigenvalue weighted by molar-refractivity contribution is 0.557. The van der Waals surface area contributed by atoms with Gasteiger partial charge in [-0.2, -0.15) is 0 Å². The number of halogens is 1. The maximum absolute atomic E-state index is 12.6. The summed E-state index contributed by atoms with van der Waals surface area (Å²) in [5.41, 5.74) is 1.66. The highest BCUT2D eigenvalue weighted by Gasteiger charge is 2.20. The van der Waals surface area contributed by atoms with Gasteiger partial charge in [0.2, 0.25) is 0 Å². The summed E-state index contributed by atoms with van der Waals surface area (Å²) in [6, 6.07) is 8.91. The van der Waals surface area contributed by atoms with Crippen LogP contribution < -0.4 is 5.56 Å². The van der Waals surface area contributed by atoms with E-state index < -0.39 is 0 Å². The van der Waals surface area contributed by atoms with E-state index in [2.05, 4.69) is 4.98 Å². The zero-order valence-corrected chi connectivity index (χ0v) is 13.0. The number of allylic oxidation sites excluding steroid dienone is 3. The Balaban J connectivity index is 1.79. The normalized spacial score (nSPS) is 15.8. The van der Waals surface area contributed by atoms with Crippen LogP contribution in [-0.2, 0) is 6.54 Å². The summed E-state index contributed by atoms with van der Waals surface area (Å²) in [5, 5.41) is 1.18. The molecule has 2 aromatic heterocycles. The van der Waals surface area contributed by atoms with Crippen molar-refractivity contribution < 1.29 is 4.42 Å². The highest BCUT2D eigenvalue weighted by atomic mass is 35.5.